The Morgan fingerprint density at radius 1 is 1.28 bits per heavy atom. The second-order valence-corrected chi connectivity index (χ2v) is 8.08. The molecule has 0 aliphatic carbocycles. The second kappa shape index (κ2) is 11.1. The van der Waals surface area contributed by atoms with Gasteiger partial charge in [-0.05, 0) is 43.2 Å². The van der Waals surface area contributed by atoms with E-state index in [1.54, 1.807) is 13.0 Å². The Hall–Kier alpha value is -2.89. The summed E-state index contributed by atoms with van der Waals surface area (Å²) < 4.78 is 23.5. The summed E-state index contributed by atoms with van der Waals surface area (Å²) in [5.74, 6) is -0.425. The number of nitrogens with one attached hydrogen (secondary N) is 2. The largest absolute Gasteiger partial charge is 0.458 e. The van der Waals surface area contributed by atoms with Gasteiger partial charge in [0.05, 0.1) is 11.8 Å². The maximum absolute atomic E-state index is 13.4. The van der Waals surface area contributed by atoms with Crippen molar-refractivity contribution < 1.29 is 18.7 Å². The lowest BCUT2D eigenvalue weighted by Crippen LogP contribution is -2.14. The highest BCUT2D eigenvalue weighted by molar-refractivity contribution is 7.13. The fraction of sp³-hybridized carbons (Fsp3) is 0.350. The minimum absolute atomic E-state index is 0.109. The first-order valence-corrected chi connectivity index (χ1v) is 10.9. The van der Waals surface area contributed by atoms with E-state index in [0.29, 0.717) is 16.8 Å². The zero-order valence-electron chi connectivity index (χ0n) is 17.4. The summed E-state index contributed by atoms with van der Waals surface area (Å²) in [6.07, 6.45) is 3.62. The van der Waals surface area contributed by atoms with Crippen LogP contribution in [0.2, 0.25) is 5.15 Å². The molecular weight excluding hydrogens is 461 g/mol. The van der Waals surface area contributed by atoms with E-state index in [4.69, 9.17) is 21.1 Å². The fourth-order valence-corrected chi connectivity index (χ4v) is 3.48. The van der Waals surface area contributed by atoms with E-state index in [1.165, 1.54) is 38.2 Å². The maximum atomic E-state index is 13.4. The molecule has 1 saturated heterocycles. The van der Waals surface area contributed by atoms with Crippen LogP contribution in [0.25, 0.3) is 11.1 Å². The van der Waals surface area contributed by atoms with Crippen molar-refractivity contribution in [2.24, 2.45) is 0 Å². The molecule has 0 aromatic carbocycles. The van der Waals surface area contributed by atoms with Crippen molar-refractivity contribution in [2.75, 3.05) is 18.5 Å². The van der Waals surface area contributed by atoms with Gasteiger partial charge in [-0.1, -0.05) is 11.6 Å². The number of anilines is 1. The fourth-order valence-electron chi connectivity index (χ4n) is 2.82. The topological polar surface area (TPSA) is 119 Å². The molecule has 9 nitrogen and oxygen atoms in total. The number of amides is 1. The van der Waals surface area contributed by atoms with E-state index < -0.39 is 17.1 Å². The van der Waals surface area contributed by atoms with E-state index in [2.05, 4.69) is 25.5 Å². The average Bonchev–Trinajstić information content (AvgIpc) is 3.44. The first kappa shape index (κ1) is 23.8. The number of halogens is 2. The standard InChI is InChI=1S/C16H13ClFN5O3S.C4H8O/c1-7-3-9(10-4-13(17)20-6-12(10)26-8(2)18)11(5-19-7)14(24)21-15-22-23-16(25)27-15;1-2-4-5-3-1/h3-6,8H,1-2H3,(H,23,25)(H,21,22,24);1-4H2. The van der Waals surface area contributed by atoms with Crippen LogP contribution in [0.3, 0.4) is 0 Å². The highest BCUT2D eigenvalue weighted by Crippen LogP contribution is 2.35. The third-order valence-electron chi connectivity index (χ3n) is 4.18. The van der Waals surface area contributed by atoms with E-state index in [-0.39, 0.29) is 21.6 Å². The van der Waals surface area contributed by atoms with E-state index >= 15 is 0 Å². The Bertz CT molecular complexity index is 1130. The molecule has 2 N–H and O–H groups in total. The monoisotopic (exact) mass is 481 g/mol. The highest BCUT2D eigenvalue weighted by atomic mass is 35.5. The molecule has 0 saturated carbocycles. The van der Waals surface area contributed by atoms with E-state index in [9.17, 15) is 14.0 Å². The quantitative estimate of drug-likeness (QED) is 0.528. The van der Waals surface area contributed by atoms with Gasteiger partial charge in [0, 0.05) is 43.2 Å². The molecule has 1 atom stereocenters. The number of hydrogen-bond donors (Lipinski definition) is 2. The van der Waals surface area contributed by atoms with Crippen molar-refractivity contribution in [3.8, 4) is 16.9 Å². The molecule has 12 heteroatoms. The molecule has 0 spiro atoms. The SMILES string of the molecule is C1CCOC1.Cc1cc(-c2cc(Cl)ncc2OC(C)F)c(C(=O)Nc2n[nH]c(=O)s2)cn1. The molecule has 4 heterocycles. The third kappa shape index (κ3) is 6.55. The van der Waals surface area contributed by atoms with Crippen molar-refractivity contribution in [2.45, 2.75) is 33.0 Å². The number of aromatic nitrogens is 4. The Labute approximate surface area is 192 Å². The van der Waals surface area contributed by atoms with Crippen LogP contribution in [0.4, 0.5) is 9.52 Å². The predicted molar refractivity (Wildman–Crippen MR) is 119 cm³/mol. The molecule has 4 rings (SSSR count). The Morgan fingerprint density at radius 3 is 2.62 bits per heavy atom. The molecule has 170 valence electrons. The van der Waals surface area contributed by atoms with Gasteiger partial charge in [-0.3, -0.25) is 19.9 Å². The minimum Gasteiger partial charge on any atom is -0.458 e. The first-order valence-electron chi connectivity index (χ1n) is 9.71. The van der Waals surface area contributed by atoms with Crippen LogP contribution in [-0.4, -0.2) is 45.6 Å². The van der Waals surface area contributed by atoms with Crippen LogP contribution in [0, 0.1) is 6.92 Å². The van der Waals surface area contributed by atoms with Crippen molar-refractivity contribution in [1.29, 1.82) is 0 Å². The van der Waals surface area contributed by atoms with Crippen LogP contribution < -0.4 is 14.9 Å². The number of aromatic amines is 1. The van der Waals surface area contributed by atoms with Gasteiger partial charge in [0.15, 0.2) is 0 Å². The van der Waals surface area contributed by atoms with Crippen molar-refractivity contribution in [3.05, 3.63) is 50.6 Å². The molecule has 3 aromatic heterocycles. The third-order valence-corrected chi connectivity index (χ3v) is 5.05. The van der Waals surface area contributed by atoms with E-state index in [0.717, 1.165) is 24.6 Å². The number of carbonyl (C=O) groups is 1. The van der Waals surface area contributed by atoms with E-state index in [1.807, 2.05) is 0 Å². The minimum atomic E-state index is -1.59. The zero-order chi connectivity index (χ0) is 23.1. The summed E-state index contributed by atoms with van der Waals surface area (Å²) in [6.45, 7) is 4.97. The lowest BCUT2D eigenvalue weighted by molar-refractivity contribution is 0.0862. The van der Waals surface area contributed by atoms with Gasteiger partial charge in [0.25, 0.3) is 5.91 Å². The number of hydrogen-bond acceptors (Lipinski definition) is 8. The number of alkyl halides is 1. The van der Waals surface area contributed by atoms with Gasteiger partial charge in [0.2, 0.25) is 11.5 Å². The number of H-pyrrole nitrogens is 1. The Morgan fingerprint density at radius 2 is 2.03 bits per heavy atom. The lowest BCUT2D eigenvalue weighted by Gasteiger charge is -2.15. The summed E-state index contributed by atoms with van der Waals surface area (Å²) in [6, 6.07) is 3.11. The summed E-state index contributed by atoms with van der Waals surface area (Å²) >= 11 is 6.73. The first-order chi connectivity index (χ1) is 15.3. The van der Waals surface area contributed by atoms with Crippen molar-refractivity contribution >= 4 is 34.0 Å². The van der Waals surface area contributed by atoms with Crippen molar-refractivity contribution in [3.63, 3.8) is 0 Å². The van der Waals surface area contributed by atoms with Crippen LogP contribution in [0.5, 0.6) is 5.75 Å². The van der Waals surface area contributed by atoms with Gasteiger partial charge >= 0.3 is 4.87 Å². The molecular formula is C20H21ClFN5O4S. The highest BCUT2D eigenvalue weighted by Gasteiger charge is 2.20. The van der Waals surface area contributed by atoms with Gasteiger partial charge in [-0.15, -0.1) is 5.10 Å². The molecule has 32 heavy (non-hydrogen) atoms. The Balaban J connectivity index is 0.000000509. The molecule has 1 unspecified atom stereocenters. The summed E-state index contributed by atoms with van der Waals surface area (Å²) in [7, 11) is 0. The number of ether oxygens (including phenoxy) is 2. The predicted octanol–water partition coefficient (Wildman–Crippen LogP) is 3.99. The summed E-state index contributed by atoms with van der Waals surface area (Å²) in [5.41, 5.74) is 1.59. The molecule has 1 fully saturated rings. The molecule has 0 radical (unpaired) electrons. The lowest BCUT2D eigenvalue weighted by atomic mass is 10.0. The number of rotatable bonds is 5. The molecule has 0 bridgehead atoms. The number of carbonyl (C=O) groups excluding carboxylic acids is 1. The van der Waals surface area contributed by atoms with Crippen molar-refractivity contribution in [1.82, 2.24) is 20.2 Å². The van der Waals surface area contributed by atoms with Crippen LogP contribution in [0.1, 0.15) is 35.8 Å². The molecule has 1 aliphatic rings. The second-order valence-electron chi connectivity index (χ2n) is 6.73. The van der Waals surface area contributed by atoms with Crippen LogP contribution in [0.15, 0.2) is 29.3 Å². The number of nitrogens with zero attached hydrogens (tertiary/aromatic N) is 3. The summed E-state index contributed by atoms with van der Waals surface area (Å²) in [4.78, 5) is 31.5. The number of aryl methyl sites for hydroxylation is 1. The smallest absolute Gasteiger partial charge is 0.324 e. The molecule has 1 amide bonds. The normalized spacial score (nSPS) is 13.8. The van der Waals surface area contributed by atoms with Gasteiger partial charge in [-0.25, -0.2) is 14.5 Å². The average molecular weight is 482 g/mol. The van der Waals surface area contributed by atoms with Gasteiger partial charge in [0.1, 0.15) is 10.9 Å². The summed E-state index contributed by atoms with van der Waals surface area (Å²) in [5, 5.41) is 8.68. The van der Waals surface area contributed by atoms with Crippen LogP contribution in [-0.2, 0) is 4.74 Å². The number of pyridine rings is 2. The Kier molecular flexibility index (Phi) is 8.26. The van der Waals surface area contributed by atoms with Gasteiger partial charge in [-0.2, -0.15) is 0 Å². The molecule has 1 aliphatic heterocycles. The van der Waals surface area contributed by atoms with Crippen LogP contribution >= 0.6 is 22.9 Å². The molecule has 3 aromatic rings. The zero-order valence-corrected chi connectivity index (χ0v) is 18.9. The maximum Gasteiger partial charge on any atom is 0.324 e. The van der Waals surface area contributed by atoms with Gasteiger partial charge < -0.3 is 9.47 Å².